The lowest BCUT2D eigenvalue weighted by molar-refractivity contribution is 0.416. The normalized spacial score (nSPS) is 17.8. The molecule has 0 aliphatic heterocycles. The number of nitrogens with one attached hydrogen (secondary N) is 1. The molecule has 0 heterocycles. The van der Waals surface area contributed by atoms with Crippen LogP contribution in [0.1, 0.15) is 68.2 Å². The van der Waals surface area contributed by atoms with E-state index in [4.69, 9.17) is 0 Å². The Bertz CT molecular complexity index is 391. The maximum Gasteiger partial charge on any atom is 0.0322 e. The van der Waals surface area contributed by atoms with Crippen molar-refractivity contribution in [1.29, 1.82) is 0 Å². The van der Waals surface area contributed by atoms with Crippen LogP contribution in [0.25, 0.3) is 0 Å². The minimum Gasteiger partial charge on any atom is -0.310 e. The molecule has 1 unspecified atom stereocenters. The van der Waals surface area contributed by atoms with Gasteiger partial charge in [0, 0.05) is 6.04 Å². The van der Waals surface area contributed by atoms with Crippen LogP contribution in [0.4, 0.5) is 0 Å². The summed E-state index contributed by atoms with van der Waals surface area (Å²) in [4.78, 5) is 0. The maximum atomic E-state index is 3.69. The van der Waals surface area contributed by atoms with E-state index in [1.807, 2.05) is 0 Å². The third-order valence-corrected chi connectivity index (χ3v) is 4.81. The lowest BCUT2D eigenvalue weighted by atomic mass is 9.91. The topological polar surface area (TPSA) is 12.0 Å². The standard InChI is InChI=1S/C18H29N/c1-4-19-18(13-12-16-9-5-6-10-16)17-11-7-8-14(2)15(17)3/h7-8,11,16,18-19H,4-6,9-10,12-13H2,1-3H3. The minimum absolute atomic E-state index is 0.547. The molecule has 1 aliphatic carbocycles. The van der Waals surface area contributed by atoms with Gasteiger partial charge in [-0.3, -0.25) is 0 Å². The highest BCUT2D eigenvalue weighted by atomic mass is 14.9. The fraction of sp³-hybridized carbons (Fsp3) is 0.667. The molecule has 0 bridgehead atoms. The van der Waals surface area contributed by atoms with Gasteiger partial charge < -0.3 is 5.32 Å². The van der Waals surface area contributed by atoms with E-state index in [0.29, 0.717) is 6.04 Å². The molecule has 1 aromatic rings. The Hall–Kier alpha value is -0.820. The smallest absolute Gasteiger partial charge is 0.0322 e. The van der Waals surface area contributed by atoms with Gasteiger partial charge >= 0.3 is 0 Å². The zero-order chi connectivity index (χ0) is 13.7. The highest BCUT2D eigenvalue weighted by Gasteiger charge is 2.19. The lowest BCUT2D eigenvalue weighted by Crippen LogP contribution is -2.22. The Morgan fingerprint density at radius 3 is 2.63 bits per heavy atom. The van der Waals surface area contributed by atoms with E-state index in [-0.39, 0.29) is 0 Å². The molecule has 0 aromatic heterocycles. The first-order valence-corrected chi connectivity index (χ1v) is 8.02. The molecule has 1 N–H and O–H groups in total. The molecule has 0 spiro atoms. The van der Waals surface area contributed by atoms with Gasteiger partial charge in [0.2, 0.25) is 0 Å². The molecule has 0 amide bonds. The second-order valence-electron chi connectivity index (χ2n) is 6.13. The van der Waals surface area contributed by atoms with E-state index in [9.17, 15) is 0 Å². The first-order valence-electron chi connectivity index (χ1n) is 8.02. The van der Waals surface area contributed by atoms with Gasteiger partial charge in [0.15, 0.2) is 0 Å². The molecular weight excluding hydrogens is 230 g/mol. The molecular formula is C18H29N. The Morgan fingerprint density at radius 1 is 1.21 bits per heavy atom. The minimum atomic E-state index is 0.547. The van der Waals surface area contributed by atoms with Gasteiger partial charge in [-0.05, 0) is 55.8 Å². The predicted molar refractivity (Wildman–Crippen MR) is 83.5 cm³/mol. The van der Waals surface area contributed by atoms with Gasteiger partial charge in [0.25, 0.3) is 0 Å². The third kappa shape index (κ3) is 3.82. The highest BCUT2D eigenvalue weighted by Crippen LogP contribution is 2.32. The summed E-state index contributed by atoms with van der Waals surface area (Å²) in [6, 6.07) is 7.28. The summed E-state index contributed by atoms with van der Waals surface area (Å²) < 4.78 is 0. The third-order valence-electron chi connectivity index (χ3n) is 4.81. The largest absolute Gasteiger partial charge is 0.310 e. The first kappa shape index (κ1) is 14.6. The van der Waals surface area contributed by atoms with E-state index in [0.717, 1.165) is 12.5 Å². The zero-order valence-electron chi connectivity index (χ0n) is 12.8. The van der Waals surface area contributed by atoms with Gasteiger partial charge in [-0.1, -0.05) is 50.8 Å². The van der Waals surface area contributed by atoms with E-state index in [1.54, 1.807) is 0 Å². The van der Waals surface area contributed by atoms with Crippen molar-refractivity contribution in [3.05, 3.63) is 34.9 Å². The zero-order valence-corrected chi connectivity index (χ0v) is 12.8. The molecule has 0 radical (unpaired) electrons. The molecule has 106 valence electrons. The molecule has 1 aliphatic rings. The van der Waals surface area contributed by atoms with Gasteiger partial charge in [-0.25, -0.2) is 0 Å². The van der Waals surface area contributed by atoms with Crippen LogP contribution >= 0.6 is 0 Å². The number of hydrogen-bond donors (Lipinski definition) is 1. The number of benzene rings is 1. The van der Waals surface area contributed by atoms with Crippen molar-refractivity contribution in [1.82, 2.24) is 5.32 Å². The average molecular weight is 259 g/mol. The van der Waals surface area contributed by atoms with Crippen LogP contribution in [-0.4, -0.2) is 6.54 Å². The first-order chi connectivity index (χ1) is 9.22. The van der Waals surface area contributed by atoms with Crippen LogP contribution in [-0.2, 0) is 0 Å². The van der Waals surface area contributed by atoms with Crippen molar-refractivity contribution in [2.75, 3.05) is 6.54 Å². The van der Waals surface area contributed by atoms with Crippen molar-refractivity contribution >= 4 is 0 Å². The molecule has 1 heteroatoms. The van der Waals surface area contributed by atoms with Crippen LogP contribution in [0.2, 0.25) is 0 Å². The highest BCUT2D eigenvalue weighted by molar-refractivity contribution is 5.35. The number of rotatable bonds is 6. The van der Waals surface area contributed by atoms with Crippen molar-refractivity contribution in [2.45, 2.75) is 65.3 Å². The summed E-state index contributed by atoms with van der Waals surface area (Å²) in [7, 11) is 0. The van der Waals surface area contributed by atoms with Gasteiger partial charge in [0.1, 0.15) is 0 Å². The van der Waals surface area contributed by atoms with Crippen molar-refractivity contribution in [3.63, 3.8) is 0 Å². The summed E-state index contributed by atoms with van der Waals surface area (Å²) in [6.07, 6.45) is 8.53. The second-order valence-corrected chi connectivity index (χ2v) is 6.13. The summed E-state index contributed by atoms with van der Waals surface area (Å²) in [5.41, 5.74) is 4.40. The van der Waals surface area contributed by atoms with Crippen LogP contribution in [0.5, 0.6) is 0 Å². The molecule has 1 saturated carbocycles. The lowest BCUT2D eigenvalue weighted by Gasteiger charge is -2.23. The van der Waals surface area contributed by atoms with Gasteiger partial charge in [-0.15, -0.1) is 0 Å². The number of aryl methyl sites for hydroxylation is 1. The molecule has 1 nitrogen and oxygen atoms in total. The number of hydrogen-bond acceptors (Lipinski definition) is 1. The Labute approximate surface area is 118 Å². The van der Waals surface area contributed by atoms with Crippen molar-refractivity contribution in [2.24, 2.45) is 5.92 Å². The molecule has 2 rings (SSSR count). The second kappa shape index (κ2) is 7.09. The summed E-state index contributed by atoms with van der Waals surface area (Å²) in [5.74, 6) is 0.992. The Morgan fingerprint density at radius 2 is 1.95 bits per heavy atom. The van der Waals surface area contributed by atoms with Crippen molar-refractivity contribution < 1.29 is 0 Å². The molecule has 1 atom stereocenters. The van der Waals surface area contributed by atoms with Crippen LogP contribution in [0.3, 0.4) is 0 Å². The summed E-state index contributed by atoms with van der Waals surface area (Å²) in [5, 5.41) is 3.69. The quantitative estimate of drug-likeness (QED) is 0.764. The van der Waals surface area contributed by atoms with E-state index >= 15 is 0 Å². The molecule has 19 heavy (non-hydrogen) atoms. The van der Waals surface area contributed by atoms with Crippen LogP contribution < -0.4 is 5.32 Å². The predicted octanol–water partition coefficient (Wildman–Crippen LogP) is 4.92. The van der Waals surface area contributed by atoms with Crippen LogP contribution in [0.15, 0.2) is 18.2 Å². The van der Waals surface area contributed by atoms with E-state index < -0.39 is 0 Å². The fourth-order valence-electron chi connectivity index (χ4n) is 3.47. The summed E-state index contributed by atoms with van der Waals surface area (Å²) in [6.45, 7) is 7.76. The fourth-order valence-corrected chi connectivity index (χ4v) is 3.47. The Kier molecular flexibility index (Phi) is 5.45. The Balaban J connectivity index is 2.03. The van der Waals surface area contributed by atoms with Crippen molar-refractivity contribution in [3.8, 4) is 0 Å². The maximum absolute atomic E-state index is 3.69. The van der Waals surface area contributed by atoms with E-state index in [1.165, 1.54) is 55.2 Å². The van der Waals surface area contributed by atoms with Crippen LogP contribution in [0, 0.1) is 19.8 Å². The molecule has 1 aromatic carbocycles. The van der Waals surface area contributed by atoms with E-state index in [2.05, 4.69) is 44.3 Å². The molecule has 0 saturated heterocycles. The van der Waals surface area contributed by atoms with Gasteiger partial charge in [0.05, 0.1) is 0 Å². The summed E-state index contributed by atoms with van der Waals surface area (Å²) >= 11 is 0. The molecule has 1 fully saturated rings. The van der Waals surface area contributed by atoms with Gasteiger partial charge in [-0.2, -0.15) is 0 Å². The SMILES string of the molecule is CCNC(CCC1CCCC1)c1cccc(C)c1C. The average Bonchev–Trinajstić information content (AvgIpc) is 2.91. The monoisotopic (exact) mass is 259 g/mol.